The molecule has 0 saturated heterocycles. The van der Waals surface area contributed by atoms with Gasteiger partial charge in [0.15, 0.2) is 5.11 Å². The summed E-state index contributed by atoms with van der Waals surface area (Å²) >= 11 is 5.41. The molecule has 22 heavy (non-hydrogen) atoms. The fraction of sp³-hybridized carbons (Fsp3) is 0.278. The summed E-state index contributed by atoms with van der Waals surface area (Å²) in [5.41, 5.74) is 3.29. The number of thiocarbonyl (C=S) groups is 1. The highest BCUT2D eigenvalue weighted by Crippen LogP contribution is 2.17. The largest absolute Gasteiger partial charge is 0.348 e. The molecule has 2 aromatic rings. The minimum Gasteiger partial charge on any atom is -0.348 e. The first-order valence-electron chi connectivity index (χ1n) is 7.32. The van der Waals surface area contributed by atoms with Crippen molar-refractivity contribution in [2.24, 2.45) is 0 Å². The van der Waals surface area contributed by atoms with Crippen molar-refractivity contribution in [3.63, 3.8) is 0 Å². The molecule has 0 fully saturated rings. The Hall–Kier alpha value is -1.94. The molecule has 1 N–H and O–H groups in total. The predicted molar refractivity (Wildman–Crippen MR) is 94.6 cm³/mol. The molecular weight excluding hydrogens is 295 g/mol. The first-order valence-corrected chi connectivity index (χ1v) is 7.73. The zero-order valence-electron chi connectivity index (χ0n) is 13.1. The molecule has 0 aliphatic rings. The van der Waals surface area contributed by atoms with Crippen molar-refractivity contribution in [1.29, 1.82) is 0 Å². The fourth-order valence-electron chi connectivity index (χ4n) is 2.11. The Morgan fingerprint density at radius 2 is 1.68 bits per heavy atom. The Bertz CT molecular complexity index is 621. The lowest BCUT2D eigenvalue weighted by Gasteiger charge is -2.21. The molecule has 0 heterocycles. The molecule has 0 aliphatic carbocycles. The molecule has 116 valence electrons. The van der Waals surface area contributed by atoms with Crippen molar-refractivity contribution >= 4 is 23.0 Å². The van der Waals surface area contributed by atoms with Crippen LogP contribution in [0, 0.1) is 5.82 Å². The first kappa shape index (κ1) is 16.4. The number of nitrogens with zero attached hydrogens (tertiary/aromatic N) is 1. The molecule has 0 radical (unpaired) electrons. The summed E-state index contributed by atoms with van der Waals surface area (Å²) in [5, 5.41) is 3.86. The molecular formula is C18H21FN2S. The van der Waals surface area contributed by atoms with E-state index in [0.29, 0.717) is 17.6 Å². The van der Waals surface area contributed by atoms with Crippen molar-refractivity contribution in [3.05, 3.63) is 65.5 Å². The average Bonchev–Trinajstić information content (AvgIpc) is 2.50. The molecule has 0 unspecified atom stereocenters. The molecule has 0 spiro atoms. The highest BCUT2D eigenvalue weighted by Gasteiger charge is 2.06. The van der Waals surface area contributed by atoms with Gasteiger partial charge in [-0.15, -0.1) is 0 Å². The summed E-state index contributed by atoms with van der Waals surface area (Å²) < 4.78 is 12.9. The number of hydrogen-bond acceptors (Lipinski definition) is 1. The van der Waals surface area contributed by atoms with E-state index >= 15 is 0 Å². The van der Waals surface area contributed by atoms with Gasteiger partial charge in [-0.1, -0.05) is 38.1 Å². The number of halogens is 1. The number of benzene rings is 2. The van der Waals surface area contributed by atoms with Crippen molar-refractivity contribution < 1.29 is 4.39 Å². The van der Waals surface area contributed by atoms with Crippen LogP contribution in [0.5, 0.6) is 0 Å². The van der Waals surface area contributed by atoms with Crippen molar-refractivity contribution in [2.75, 3.05) is 12.4 Å². The Balaban J connectivity index is 1.94. The van der Waals surface area contributed by atoms with Crippen LogP contribution in [0.1, 0.15) is 30.9 Å². The molecule has 4 heteroatoms. The van der Waals surface area contributed by atoms with Crippen LogP contribution in [0.3, 0.4) is 0 Å². The van der Waals surface area contributed by atoms with Crippen LogP contribution >= 0.6 is 12.2 Å². The number of anilines is 1. The normalized spacial score (nSPS) is 10.6. The van der Waals surface area contributed by atoms with Gasteiger partial charge in [-0.05, 0) is 53.5 Å². The third-order valence-electron chi connectivity index (χ3n) is 3.51. The molecule has 0 aromatic heterocycles. The molecule has 0 aliphatic heterocycles. The van der Waals surface area contributed by atoms with Gasteiger partial charge in [-0.3, -0.25) is 0 Å². The van der Waals surface area contributed by atoms with Crippen LogP contribution in [0.25, 0.3) is 0 Å². The van der Waals surface area contributed by atoms with E-state index in [1.54, 1.807) is 12.1 Å². The molecule has 0 bridgehead atoms. The fourth-order valence-corrected chi connectivity index (χ4v) is 2.29. The molecule has 0 atom stereocenters. The quantitative estimate of drug-likeness (QED) is 0.817. The topological polar surface area (TPSA) is 15.3 Å². The number of hydrogen-bond donors (Lipinski definition) is 1. The molecule has 2 nitrogen and oxygen atoms in total. The van der Waals surface area contributed by atoms with Gasteiger partial charge < -0.3 is 10.2 Å². The standard InChI is InChI=1S/C18H21FN2S/c1-13(2)15-6-10-17(11-7-15)20-18(22)21(3)12-14-4-8-16(19)9-5-14/h4-11,13H,12H2,1-3H3,(H,20,22). The Labute approximate surface area is 137 Å². The lowest BCUT2D eigenvalue weighted by molar-refractivity contribution is 0.507. The van der Waals surface area contributed by atoms with Gasteiger partial charge in [0.2, 0.25) is 0 Å². The Kier molecular flexibility index (Phi) is 5.50. The van der Waals surface area contributed by atoms with Gasteiger partial charge in [0.05, 0.1) is 0 Å². The van der Waals surface area contributed by atoms with Gasteiger partial charge in [-0.2, -0.15) is 0 Å². The summed E-state index contributed by atoms with van der Waals surface area (Å²) in [7, 11) is 1.92. The van der Waals surface area contributed by atoms with Gasteiger partial charge >= 0.3 is 0 Å². The van der Waals surface area contributed by atoms with Gasteiger partial charge in [-0.25, -0.2) is 4.39 Å². The second kappa shape index (κ2) is 7.36. The molecule has 0 amide bonds. The van der Waals surface area contributed by atoms with Crippen LogP contribution in [-0.2, 0) is 6.54 Å². The van der Waals surface area contributed by atoms with Gasteiger partial charge in [0, 0.05) is 19.3 Å². The van der Waals surface area contributed by atoms with Gasteiger partial charge in [0.25, 0.3) is 0 Å². The van der Waals surface area contributed by atoms with E-state index in [2.05, 4.69) is 31.3 Å². The summed E-state index contributed by atoms with van der Waals surface area (Å²) in [6.07, 6.45) is 0. The van der Waals surface area contributed by atoms with E-state index in [1.165, 1.54) is 17.7 Å². The molecule has 2 aromatic carbocycles. The average molecular weight is 316 g/mol. The summed E-state index contributed by atoms with van der Waals surface area (Å²) in [6.45, 7) is 4.98. The number of nitrogens with one attached hydrogen (secondary N) is 1. The maximum atomic E-state index is 12.9. The van der Waals surface area contributed by atoms with E-state index in [1.807, 2.05) is 24.1 Å². The smallest absolute Gasteiger partial charge is 0.173 e. The van der Waals surface area contributed by atoms with Gasteiger partial charge in [0.1, 0.15) is 5.82 Å². The van der Waals surface area contributed by atoms with E-state index in [9.17, 15) is 4.39 Å². The lowest BCUT2D eigenvalue weighted by Crippen LogP contribution is -2.30. The number of rotatable bonds is 4. The lowest BCUT2D eigenvalue weighted by atomic mass is 10.0. The van der Waals surface area contributed by atoms with E-state index in [0.717, 1.165) is 11.3 Å². The second-order valence-electron chi connectivity index (χ2n) is 5.69. The first-order chi connectivity index (χ1) is 10.5. The summed E-state index contributed by atoms with van der Waals surface area (Å²) in [5.74, 6) is 0.291. The van der Waals surface area contributed by atoms with E-state index < -0.39 is 0 Å². The molecule has 2 rings (SSSR count). The zero-order valence-corrected chi connectivity index (χ0v) is 14.0. The summed E-state index contributed by atoms with van der Waals surface area (Å²) in [6, 6.07) is 14.7. The van der Waals surface area contributed by atoms with Crippen LogP contribution in [0.4, 0.5) is 10.1 Å². The van der Waals surface area contributed by atoms with Crippen LogP contribution in [0.15, 0.2) is 48.5 Å². The zero-order chi connectivity index (χ0) is 16.1. The minimum atomic E-state index is -0.225. The van der Waals surface area contributed by atoms with Crippen LogP contribution < -0.4 is 5.32 Å². The van der Waals surface area contributed by atoms with Crippen molar-refractivity contribution in [1.82, 2.24) is 4.90 Å². The highest BCUT2D eigenvalue weighted by atomic mass is 32.1. The predicted octanol–water partition coefficient (Wildman–Crippen LogP) is 4.78. The third-order valence-corrected chi connectivity index (χ3v) is 3.92. The molecule has 0 saturated carbocycles. The van der Waals surface area contributed by atoms with Crippen LogP contribution in [0.2, 0.25) is 0 Å². The van der Waals surface area contributed by atoms with Crippen molar-refractivity contribution in [2.45, 2.75) is 26.3 Å². The Morgan fingerprint density at radius 1 is 1.09 bits per heavy atom. The third kappa shape index (κ3) is 4.53. The van der Waals surface area contributed by atoms with E-state index in [-0.39, 0.29) is 5.82 Å². The van der Waals surface area contributed by atoms with Crippen LogP contribution in [-0.4, -0.2) is 17.1 Å². The highest BCUT2D eigenvalue weighted by molar-refractivity contribution is 7.80. The Morgan fingerprint density at radius 3 is 2.23 bits per heavy atom. The van der Waals surface area contributed by atoms with E-state index in [4.69, 9.17) is 12.2 Å². The SMILES string of the molecule is CC(C)c1ccc(NC(=S)N(C)Cc2ccc(F)cc2)cc1. The maximum Gasteiger partial charge on any atom is 0.173 e. The maximum absolute atomic E-state index is 12.9. The van der Waals surface area contributed by atoms with Crippen molar-refractivity contribution in [3.8, 4) is 0 Å². The second-order valence-corrected chi connectivity index (χ2v) is 6.08. The minimum absolute atomic E-state index is 0.225. The monoisotopic (exact) mass is 316 g/mol. The summed E-state index contributed by atoms with van der Waals surface area (Å²) in [4.78, 5) is 1.93.